The Kier molecular flexibility index (Phi) is 12.5. The van der Waals surface area contributed by atoms with Crippen molar-refractivity contribution < 1.29 is 25.7 Å². The average Bonchev–Trinajstić information content (AvgIpc) is 3.11. The van der Waals surface area contributed by atoms with Gasteiger partial charge in [0.05, 0.1) is 0 Å². The summed E-state index contributed by atoms with van der Waals surface area (Å²) in [4.78, 5) is 0.171. The first kappa shape index (κ1) is 32.0. The first-order valence-corrected chi connectivity index (χ1v) is 15.8. The van der Waals surface area contributed by atoms with Crippen LogP contribution in [0.2, 0.25) is 0 Å². The molecule has 4 nitrogen and oxygen atoms in total. The Bertz CT molecular complexity index is 1310. The van der Waals surface area contributed by atoms with E-state index in [1.54, 1.807) is 24.3 Å². The van der Waals surface area contributed by atoms with Crippen LogP contribution in [0.25, 0.3) is 4.72 Å². The van der Waals surface area contributed by atoms with Gasteiger partial charge in [0.1, 0.15) is 10.0 Å². The van der Waals surface area contributed by atoms with Crippen molar-refractivity contribution in [1.29, 1.82) is 0 Å². The quantitative estimate of drug-likeness (QED) is 0.171. The summed E-state index contributed by atoms with van der Waals surface area (Å²) >= 11 is 2.02. The summed E-state index contributed by atoms with van der Waals surface area (Å²) in [6.45, 7) is 12.9. The third-order valence-corrected chi connectivity index (χ3v) is 8.42. The second kappa shape index (κ2) is 14.8. The fourth-order valence-corrected chi connectivity index (χ4v) is 5.32. The summed E-state index contributed by atoms with van der Waals surface area (Å²) in [5.41, 5.74) is 16.4. The predicted molar refractivity (Wildman–Crippen MR) is 156 cm³/mol. The van der Waals surface area contributed by atoms with Crippen molar-refractivity contribution in [3.05, 3.63) is 134 Å². The molecule has 0 heterocycles. The van der Waals surface area contributed by atoms with Gasteiger partial charge in [0.15, 0.2) is 0 Å². The molecule has 2 atom stereocenters. The Morgan fingerprint density at radius 3 is 1.55 bits per heavy atom. The molecule has 0 bridgehead atoms. The number of rotatable bonds is 6. The molecule has 0 fully saturated rings. The third kappa shape index (κ3) is 8.15. The molecule has 0 amide bonds. The summed E-state index contributed by atoms with van der Waals surface area (Å²) in [6.07, 6.45) is 0. The molecule has 204 valence electrons. The minimum atomic E-state index is -3.83. The molecule has 38 heavy (non-hydrogen) atoms. The predicted octanol–water partition coefficient (Wildman–Crippen LogP) is 8.13. The summed E-state index contributed by atoms with van der Waals surface area (Å²) in [7, 11) is 0.696. The van der Waals surface area contributed by atoms with E-state index in [0.29, 0.717) is 0 Å². The van der Waals surface area contributed by atoms with E-state index in [-0.39, 0.29) is 4.90 Å². The molecule has 0 aliphatic rings. The Hall–Kier alpha value is -2.21. The monoisotopic (exact) mass is 638 g/mol. The SMILES string of the molecule is Cc1c(C)c(C)[c-](C)c1C.Cc1ccc(S(=O)(=O)[N-]C(c2ccccc2)C(N)c2ccccc2)cc1.[Cl][Rh+2]. The molecule has 2 unspecified atom stereocenters. The Morgan fingerprint density at radius 1 is 0.737 bits per heavy atom. The second-order valence-electron chi connectivity index (χ2n) is 9.31. The van der Waals surface area contributed by atoms with Crippen molar-refractivity contribution in [3.8, 4) is 0 Å². The van der Waals surface area contributed by atoms with E-state index in [1.807, 2.05) is 84.9 Å². The van der Waals surface area contributed by atoms with Gasteiger partial charge in [-0.3, -0.25) is 0 Å². The van der Waals surface area contributed by atoms with Crippen LogP contribution in [0.1, 0.15) is 56.6 Å². The molecular weight excluding hydrogens is 603 g/mol. The molecular formula is C31H36ClN2O2RhS. The maximum absolute atomic E-state index is 12.8. The van der Waals surface area contributed by atoms with Crippen molar-refractivity contribution in [2.45, 2.75) is 58.5 Å². The van der Waals surface area contributed by atoms with Crippen LogP contribution in [0.5, 0.6) is 0 Å². The first-order valence-electron chi connectivity index (χ1n) is 12.2. The van der Waals surface area contributed by atoms with Crippen molar-refractivity contribution in [2.24, 2.45) is 5.73 Å². The maximum atomic E-state index is 12.8. The summed E-state index contributed by atoms with van der Waals surface area (Å²) < 4.78 is 29.9. The van der Waals surface area contributed by atoms with E-state index in [4.69, 9.17) is 5.73 Å². The molecule has 0 radical (unpaired) electrons. The first-order chi connectivity index (χ1) is 18.0. The molecule has 0 saturated heterocycles. The van der Waals surface area contributed by atoms with E-state index in [2.05, 4.69) is 49.0 Å². The van der Waals surface area contributed by atoms with Gasteiger partial charge in [-0.25, -0.2) is 8.42 Å². The van der Waals surface area contributed by atoms with Gasteiger partial charge in [0.2, 0.25) is 0 Å². The van der Waals surface area contributed by atoms with E-state index < -0.39 is 22.1 Å². The normalized spacial score (nSPS) is 12.4. The second-order valence-corrected chi connectivity index (χ2v) is 10.9. The van der Waals surface area contributed by atoms with Gasteiger partial charge in [-0.15, -0.1) is 0 Å². The van der Waals surface area contributed by atoms with Crippen LogP contribution in [0.3, 0.4) is 0 Å². The van der Waals surface area contributed by atoms with Gasteiger partial charge < -0.3 is 10.5 Å². The number of halogens is 1. The van der Waals surface area contributed by atoms with Gasteiger partial charge in [0, 0.05) is 10.9 Å². The average molecular weight is 639 g/mol. The zero-order valence-electron chi connectivity index (χ0n) is 22.7. The summed E-state index contributed by atoms with van der Waals surface area (Å²) in [6, 6.07) is 24.1. The molecule has 0 aliphatic carbocycles. The molecule has 0 spiro atoms. The molecule has 4 aromatic rings. The van der Waals surface area contributed by atoms with Crippen molar-refractivity contribution >= 4 is 19.7 Å². The van der Waals surface area contributed by atoms with Crippen LogP contribution >= 0.6 is 9.69 Å². The van der Waals surface area contributed by atoms with Crippen molar-refractivity contribution in [2.75, 3.05) is 0 Å². The van der Waals surface area contributed by atoms with Crippen LogP contribution in [0, 0.1) is 41.5 Å². The van der Waals surface area contributed by atoms with E-state index in [9.17, 15) is 8.42 Å². The van der Waals surface area contributed by atoms with Crippen LogP contribution in [0.4, 0.5) is 0 Å². The summed E-state index contributed by atoms with van der Waals surface area (Å²) in [5, 5.41) is 0. The fraction of sp³-hybridized carbons (Fsp3) is 0.258. The number of nitrogens with two attached hydrogens (primary N) is 1. The van der Waals surface area contributed by atoms with E-state index in [1.165, 1.54) is 27.8 Å². The van der Waals surface area contributed by atoms with Gasteiger partial charge in [-0.05, 0) is 24.6 Å². The van der Waals surface area contributed by atoms with Crippen LogP contribution in [-0.4, -0.2) is 8.42 Å². The zero-order chi connectivity index (χ0) is 28.5. The Morgan fingerprint density at radius 2 is 1.16 bits per heavy atom. The number of hydrogen-bond donors (Lipinski definition) is 1. The van der Waals surface area contributed by atoms with Crippen LogP contribution in [0.15, 0.2) is 89.8 Å². The van der Waals surface area contributed by atoms with Gasteiger partial charge in [-0.2, -0.15) is 27.8 Å². The van der Waals surface area contributed by atoms with Crippen molar-refractivity contribution in [3.63, 3.8) is 0 Å². The molecule has 0 aliphatic heterocycles. The standard InChI is InChI=1S/C21H21N2O2S.C10H15.ClH.Rh/c1-16-12-14-19(15-13-16)26(24,25)23-21(18-10-6-3-7-11-18)20(22)17-8-4-2-5-9-17;1-6-7(2)9(4)10(5)8(6)3;;/h2-15,20-21H,22H2,1H3;1-5H3;1H;/q2*-1;;+3/p-1. The van der Waals surface area contributed by atoms with Gasteiger partial charge >= 0.3 is 27.0 Å². The zero-order valence-corrected chi connectivity index (χ0v) is 25.9. The number of sulfonamides is 1. The fourth-order valence-electron chi connectivity index (χ4n) is 4.17. The number of benzene rings is 3. The molecule has 4 aromatic carbocycles. The van der Waals surface area contributed by atoms with E-state index in [0.717, 1.165) is 16.7 Å². The van der Waals surface area contributed by atoms with Gasteiger partial charge in [0.25, 0.3) is 0 Å². The topological polar surface area (TPSA) is 74.3 Å². The minimum absolute atomic E-state index is 0.171. The molecule has 2 N–H and O–H groups in total. The van der Waals surface area contributed by atoms with Gasteiger partial charge in [-0.1, -0.05) is 125 Å². The summed E-state index contributed by atoms with van der Waals surface area (Å²) in [5.74, 6) is 0. The molecule has 0 saturated carbocycles. The van der Waals surface area contributed by atoms with E-state index >= 15 is 0 Å². The molecule has 7 heteroatoms. The van der Waals surface area contributed by atoms with Crippen molar-refractivity contribution in [1.82, 2.24) is 0 Å². The van der Waals surface area contributed by atoms with Crippen LogP contribution < -0.4 is 5.73 Å². The van der Waals surface area contributed by atoms with Crippen LogP contribution in [-0.2, 0) is 27.3 Å². The Labute approximate surface area is 242 Å². The Balaban J connectivity index is 0.000000353. The molecule has 0 aromatic heterocycles. The molecule has 4 rings (SSSR count). The number of aryl methyl sites for hydroxylation is 1. The number of hydrogen-bond acceptors (Lipinski definition) is 3. The number of nitrogens with zero attached hydrogens (tertiary/aromatic N) is 1. The third-order valence-electron chi connectivity index (χ3n) is 7.05.